The van der Waals surface area contributed by atoms with Crippen molar-refractivity contribution in [3.8, 4) is 17.2 Å². The number of nitrogens with two attached hydrogens (primary N) is 4. The third kappa shape index (κ3) is 21.2. The number of anilines is 1. The number of sulfonamides is 3. The first-order chi connectivity index (χ1) is 34.0. The molecule has 12 N–H and O–H groups in total. The van der Waals surface area contributed by atoms with Gasteiger partial charge in [0.1, 0.15) is 32.9 Å². The molecule has 0 atom stereocenters. The molecule has 0 radical (unpaired) electrons. The number of hydrogen-bond donors (Lipinski definition) is 6. The fourth-order valence-electron chi connectivity index (χ4n) is 5.55. The van der Waals surface area contributed by atoms with Gasteiger partial charge in [-0.2, -0.15) is 0 Å². The van der Waals surface area contributed by atoms with E-state index in [1.165, 1.54) is 75.9 Å². The van der Waals surface area contributed by atoms with Gasteiger partial charge in [-0.3, -0.25) is 29.3 Å². The Morgan fingerprint density at radius 2 is 0.827 bits per heavy atom. The van der Waals surface area contributed by atoms with E-state index in [9.17, 15) is 54.1 Å². The van der Waals surface area contributed by atoms with Gasteiger partial charge in [-0.1, -0.05) is 0 Å². The molecule has 0 fully saturated rings. The zero-order valence-electron chi connectivity index (χ0n) is 40.1. The van der Waals surface area contributed by atoms with E-state index in [0.717, 1.165) is 31.2 Å². The average Bonchev–Trinajstić information content (AvgIpc) is 3.35. The number of hydrogen-bond acceptors (Lipinski definition) is 20. The number of halogens is 1. The first-order valence-electron chi connectivity index (χ1n) is 19.6. The predicted octanol–water partition coefficient (Wildman–Crippen LogP) is -0.150. The first kappa shape index (κ1) is 67.6. The molecule has 0 spiro atoms. The summed E-state index contributed by atoms with van der Waals surface area (Å²) in [6.45, 7) is 1.08. The van der Waals surface area contributed by atoms with E-state index in [-0.39, 0.29) is 81.7 Å². The van der Waals surface area contributed by atoms with Crippen LogP contribution in [0.5, 0.6) is 17.2 Å². The molecule has 0 saturated carbocycles. The minimum atomic E-state index is -4.34. The third-order valence-electron chi connectivity index (χ3n) is 8.90. The van der Waals surface area contributed by atoms with Crippen molar-refractivity contribution in [3.05, 3.63) is 177 Å². The van der Waals surface area contributed by atoms with Crippen molar-refractivity contribution in [3.63, 3.8) is 0 Å². The number of ether oxygens (including phenoxy) is 3. The summed E-state index contributed by atoms with van der Waals surface area (Å²) in [7, 11) is -8.24. The molecule has 0 amide bonds. The standard InChI is InChI=1S/C14H12FNO4S.C14H12N2O6S.C14H14N2O4S.C2H4O2.BHO3.H3N.Na/c1-20-11-5-2-9(3-6-11)14(17)10-4-7-12(15)13(8-10)21(16,18)19;1-22-11-5-2-9(3-6-11)14(17)10-4-7-12(16(18)19)13(8-10)23(15,20)21;1-20-11-5-2-9(3-6-11)14(17)10-4-7-12(15)13(8-10)21(16,18)19;1-2(3)4;2-1-4-3;;/h2-8H,1H3,(H2,16,18,19);2-8H,1H3,(H2,15,20,21);2-8H,15H2,1H3,(H2,16,18,19);1H3,(H,3,4);3H;1H3;/q;;;;;;+1/p-1. The number of primary sulfonamides is 3. The maximum absolute atomic E-state index is 13.4. The Balaban J connectivity index is 0.00000101. The van der Waals surface area contributed by atoms with E-state index in [4.69, 9.17) is 55.2 Å². The molecule has 0 bridgehead atoms. The molecule has 0 aromatic heterocycles. The summed E-state index contributed by atoms with van der Waals surface area (Å²) >= 11 is 0. The number of ketones is 3. The quantitative estimate of drug-likeness (QED) is 0.0206. The summed E-state index contributed by atoms with van der Waals surface area (Å²) in [6.07, 6.45) is 0. The molecule has 6 rings (SSSR count). The van der Waals surface area contributed by atoms with Crippen LogP contribution in [0.1, 0.15) is 54.7 Å². The molecule has 0 aliphatic heterocycles. The van der Waals surface area contributed by atoms with E-state index < -0.39 is 73.8 Å². The monoisotopic (exact) mass is 1110 g/mol. The Kier molecular flexibility index (Phi) is 27.7. The number of carboxylic acid groups (broad SMARTS) is 1. The van der Waals surface area contributed by atoms with Crippen molar-refractivity contribution >= 4 is 72.1 Å². The number of aliphatic carboxylic acids is 1. The van der Waals surface area contributed by atoms with Crippen molar-refractivity contribution in [2.24, 2.45) is 15.4 Å². The van der Waals surface area contributed by atoms with Gasteiger partial charge in [-0.25, -0.2) is 45.1 Å². The van der Waals surface area contributed by atoms with Gasteiger partial charge in [0.2, 0.25) is 30.1 Å². The number of carbonyl (C=O) groups excluding carboxylic acids is 3. The van der Waals surface area contributed by atoms with Crippen molar-refractivity contribution in [2.45, 2.75) is 21.6 Å². The second-order valence-corrected chi connectivity index (χ2v) is 18.4. The number of benzene rings is 6. The van der Waals surface area contributed by atoms with Gasteiger partial charge >= 0.3 is 51.7 Å². The molecule has 31 heteroatoms. The van der Waals surface area contributed by atoms with Crippen molar-refractivity contribution < 1.29 is 117 Å². The predicted molar refractivity (Wildman–Crippen MR) is 260 cm³/mol. The van der Waals surface area contributed by atoms with Gasteiger partial charge in [-0.05, 0) is 121 Å². The molecule has 0 unspecified atom stereocenters. The Labute approximate surface area is 450 Å². The minimum absolute atomic E-state index is 0. The minimum Gasteiger partial charge on any atom is 1.00 e. The first-order valence-corrected chi connectivity index (χ1v) is 24.2. The molecule has 0 saturated heterocycles. The zero-order valence-corrected chi connectivity index (χ0v) is 44.5. The van der Waals surface area contributed by atoms with Crippen LogP contribution in [0.2, 0.25) is 0 Å². The zero-order chi connectivity index (χ0) is 55.4. The van der Waals surface area contributed by atoms with Crippen LogP contribution in [-0.4, -0.2) is 87.3 Å². The molecule has 0 aliphatic rings. The van der Waals surface area contributed by atoms with Crippen LogP contribution >= 0.6 is 0 Å². The molecule has 6 aromatic rings. The molecular weight excluding hydrogens is 1070 g/mol. The number of nitro benzene ring substituents is 1. The van der Waals surface area contributed by atoms with E-state index in [2.05, 4.69) is 4.81 Å². The number of methoxy groups -OCH3 is 3. The molecule has 75 heavy (non-hydrogen) atoms. The number of nitrogen functional groups attached to an aromatic ring is 1. The smallest absolute Gasteiger partial charge is 1.00 e. The molecule has 394 valence electrons. The van der Waals surface area contributed by atoms with Crippen molar-refractivity contribution in [2.75, 3.05) is 27.1 Å². The van der Waals surface area contributed by atoms with Gasteiger partial charge in [-0.15, -0.1) is 0 Å². The summed E-state index contributed by atoms with van der Waals surface area (Å²) in [5, 5.41) is 41.7. The fourth-order valence-corrected chi connectivity index (χ4v) is 7.59. The Bertz CT molecular complexity index is 3180. The van der Waals surface area contributed by atoms with E-state index >= 15 is 0 Å². The van der Waals surface area contributed by atoms with Gasteiger partial charge in [0, 0.05) is 46.4 Å². The van der Waals surface area contributed by atoms with Crippen LogP contribution < -0.4 is 76.3 Å². The summed E-state index contributed by atoms with van der Waals surface area (Å²) in [5.41, 5.74) is 6.09. The van der Waals surface area contributed by atoms with Crippen molar-refractivity contribution in [1.82, 2.24) is 6.15 Å². The van der Waals surface area contributed by atoms with Crippen molar-refractivity contribution in [1.29, 1.82) is 0 Å². The Morgan fingerprint density at radius 1 is 0.560 bits per heavy atom. The van der Waals surface area contributed by atoms with Gasteiger partial charge in [0.25, 0.3) is 11.7 Å². The summed E-state index contributed by atoms with van der Waals surface area (Å²) < 4.78 is 105. The summed E-state index contributed by atoms with van der Waals surface area (Å²) in [4.78, 5) is 56.9. The second-order valence-electron chi connectivity index (χ2n) is 13.9. The molecule has 25 nitrogen and oxygen atoms in total. The Morgan fingerprint density at radius 3 is 1.11 bits per heavy atom. The van der Waals surface area contributed by atoms with Crippen LogP contribution in [-0.2, 0) is 44.4 Å². The molecular formula is C44H45BFN6NaO19S3. The van der Waals surface area contributed by atoms with Crippen LogP contribution in [0.15, 0.2) is 142 Å². The molecule has 6 aromatic carbocycles. The summed E-state index contributed by atoms with van der Waals surface area (Å²) in [5.74, 6) is -1.35. The van der Waals surface area contributed by atoms with Gasteiger partial charge < -0.3 is 31.2 Å². The van der Waals surface area contributed by atoms with E-state index in [1.807, 2.05) is 0 Å². The SMILES string of the molecule is CC(=O)O.COc1ccc(C(=O)c2ccc(F)c(S(N)(=O)=O)c2)cc1.COc1ccc(C(=O)c2ccc(N)c(S(N)(=O)=O)c2)cc1.COc1ccc(C(=O)c2ccc([N+](=O)[O-])c(S(N)(=O)=O)c2)cc1.N.O=BO[O-].[Na+]. The number of nitrogens with zero attached hydrogens (tertiary/aromatic N) is 1. The summed E-state index contributed by atoms with van der Waals surface area (Å²) in [6, 6.07) is 28.9. The number of rotatable bonds is 14. The molecule has 0 aliphatic carbocycles. The number of carbonyl (C=O) groups is 4. The fraction of sp³-hybridized carbons (Fsp3) is 0.0909. The third-order valence-corrected chi connectivity index (χ3v) is 11.7. The maximum atomic E-state index is 13.4. The molecule has 0 heterocycles. The second kappa shape index (κ2) is 30.7. The van der Waals surface area contributed by atoms with Gasteiger partial charge in [0.05, 0.1) is 31.9 Å². The van der Waals surface area contributed by atoms with Crippen LogP contribution in [0.4, 0.5) is 15.8 Å². The van der Waals surface area contributed by atoms with E-state index in [0.29, 0.717) is 28.4 Å². The van der Waals surface area contributed by atoms with Crippen LogP contribution in [0.3, 0.4) is 0 Å². The topological polar surface area (TPSA) is 450 Å². The average molecular weight is 1110 g/mol. The largest absolute Gasteiger partial charge is 1.00 e. The normalized spacial score (nSPS) is 10.2. The van der Waals surface area contributed by atoms with Crippen LogP contribution in [0.25, 0.3) is 0 Å². The van der Waals surface area contributed by atoms with Crippen LogP contribution in [0, 0.1) is 15.9 Å². The number of nitro groups is 1. The Hall–Kier alpha value is -7.36. The van der Waals surface area contributed by atoms with Gasteiger partial charge in [0.15, 0.2) is 22.2 Å². The van der Waals surface area contributed by atoms with E-state index in [1.54, 1.807) is 48.5 Å². The number of carboxylic acids is 1. The maximum Gasteiger partial charge on any atom is 1.00 e.